The lowest BCUT2D eigenvalue weighted by molar-refractivity contribution is 0.502. The van der Waals surface area contributed by atoms with E-state index in [1.54, 1.807) is 18.0 Å². The normalized spacial score (nSPS) is 12.3. The summed E-state index contributed by atoms with van der Waals surface area (Å²) >= 11 is 1.69. The van der Waals surface area contributed by atoms with Gasteiger partial charge in [-0.1, -0.05) is 36.4 Å². The van der Waals surface area contributed by atoms with Crippen molar-refractivity contribution in [3.8, 4) is 0 Å². The largest absolute Gasteiger partial charge is 0.426 e. The van der Waals surface area contributed by atoms with Crippen molar-refractivity contribution in [3.63, 3.8) is 0 Å². The van der Waals surface area contributed by atoms with Crippen LogP contribution in [-0.4, -0.2) is 15.2 Å². The molecule has 0 bridgehead atoms. The summed E-state index contributed by atoms with van der Waals surface area (Å²) in [6.07, 6.45) is 3.18. The molecule has 4 aromatic rings. The maximum absolute atomic E-state index is 5.45. The van der Waals surface area contributed by atoms with Gasteiger partial charge >= 0.3 is 0 Å². The van der Waals surface area contributed by atoms with Crippen LogP contribution in [-0.2, 0) is 0 Å². The van der Waals surface area contributed by atoms with E-state index in [0.29, 0.717) is 5.89 Å². The molecule has 0 amide bonds. The number of nitrogens with zero attached hydrogens (tertiary/aromatic N) is 3. The number of aromatic nitrogens is 3. The van der Waals surface area contributed by atoms with Crippen molar-refractivity contribution in [2.45, 2.75) is 10.1 Å². The first kappa shape index (κ1) is 14.0. The first-order chi connectivity index (χ1) is 11.4. The van der Waals surface area contributed by atoms with Gasteiger partial charge in [-0.3, -0.25) is 4.98 Å². The van der Waals surface area contributed by atoms with Crippen molar-refractivity contribution in [2.24, 2.45) is 0 Å². The van der Waals surface area contributed by atoms with Crippen molar-refractivity contribution in [3.05, 3.63) is 84.7 Å². The van der Waals surface area contributed by atoms with E-state index in [2.05, 4.69) is 45.5 Å². The van der Waals surface area contributed by atoms with Gasteiger partial charge < -0.3 is 4.42 Å². The smallest absolute Gasteiger partial charge is 0.233 e. The second kappa shape index (κ2) is 6.22. The highest BCUT2D eigenvalue weighted by Crippen LogP contribution is 2.40. The predicted octanol–water partition coefficient (Wildman–Crippen LogP) is 4.50. The van der Waals surface area contributed by atoms with E-state index in [4.69, 9.17) is 4.42 Å². The molecule has 1 atom stereocenters. The third-order valence-corrected chi connectivity index (χ3v) is 4.77. The van der Waals surface area contributed by atoms with Crippen molar-refractivity contribution in [2.75, 3.05) is 0 Å². The molecular weight excluding hydrogens is 306 g/mol. The van der Waals surface area contributed by atoms with E-state index in [1.807, 2.05) is 30.3 Å². The quantitative estimate of drug-likeness (QED) is 0.518. The Kier molecular flexibility index (Phi) is 3.78. The van der Waals surface area contributed by atoms with Crippen molar-refractivity contribution in [1.82, 2.24) is 15.2 Å². The van der Waals surface area contributed by atoms with E-state index in [-0.39, 0.29) is 5.25 Å². The fourth-order valence-electron chi connectivity index (χ4n) is 2.45. The predicted molar refractivity (Wildman–Crippen MR) is 90.2 cm³/mol. The van der Waals surface area contributed by atoms with Gasteiger partial charge in [-0.25, -0.2) is 0 Å². The minimum Gasteiger partial charge on any atom is -0.426 e. The molecule has 112 valence electrons. The van der Waals surface area contributed by atoms with Crippen LogP contribution in [0.25, 0.3) is 10.9 Å². The molecule has 0 aliphatic heterocycles. The average Bonchev–Trinajstić information content (AvgIpc) is 3.14. The summed E-state index contributed by atoms with van der Waals surface area (Å²) in [5.74, 6) is 0.604. The second-order valence-corrected chi connectivity index (χ2v) is 6.22. The van der Waals surface area contributed by atoms with Crippen LogP contribution >= 0.6 is 11.8 Å². The Morgan fingerprint density at radius 1 is 0.957 bits per heavy atom. The van der Waals surface area contributed by atoms with E-state index >= 15 is 0 Å². The minimum atomic E-state index is -0.0344. The fraction of sp³-hybridized carbons (Fsp3) is 0.0556. The molecule has 0 aliphatic rings. The van der Waals surface area contributed by atoms with Crippen LogP contribution in [0.3, 0.4) is 0 Å². The van der Waals surface area contributed by atoms with Gasteiger partial charge in [0, 0.05) is 16.5 Å². The van der Waals surface area contributed by atoms with Crippen molar-refractivity contribution >= 4 is 22.7 Å². The van der Waals surface area contributed by atoms with E-state index in [0.717, 1.165) is 21.4 Å². The first-order valence-electron chi connectivity index (χ1n) is 7.22. The zero-order valence-electron chi connectivity index (χ0n) is 12.2. The number of hydrogen-bond acceptors (Lipinski definition) is 5. The molecule has 4 rings (SSSR count). The summed E-state index contributed by atoms with van der Waals surface area (Å²) in [4.78, 5) is 5.50. The number of thioether (sulfide) groups is 1. The number of fused-ring (bicyclic) bond motifs is 1. The Morgan fingerprint density at radius 2 is 1.87 bits per heavy atom. The molecule has 0 radical (unpaired) electrons. The van der Waals surface area contributed by atoms with Gasteiger partial charge in [-0.05, 0) is 29.8 Å². The third-order valence-electron chi connectivity index (χ3n) is 3.53. The van der Waals surface area contributed by atoms with Crippen LogP contribution in [0, 0.1) is 0 Å². The lowest BCUT2D eigenvalue weighted by atomic mass is 10.1. The van der Waals surface area contributed by atoms with Gasteiger partial charge in [0.15, 0.2) is 0 Å². The molecular formula is C18H13N3OS. The van der Waals surface area contributed by atoms with Crippen LogP contribution in [0.5, 0.6) is 0 Å². The van der Waals surface area contributed by atoms with E-state index in [1.165, 1.54) is 6.39 Å². The van der Waals surface area contributed by atoms with Crippen LogP contribution < -0.4 is 0 Å². The number of rotatable bonds is 4. The summed E-state index contributed by atoms with van der Waals surface area (Å²) in [7, 11) is 0. The van der Waals surface area contributed by atoms with Crippen LogP contribution in [0.2, 0.25) is 0 Å². The lowest BCUT2D eigenvalue weighted by Gasteiger charge is -2.13. The summed E-state index contributed by atoms with van der Waals surface area (Å²) in [6.45, 7) is 0. The molecule has 0 N–H and O–H groups in total. The van der Waals surface area contributed by atoms with Gasteiger partial charge in [0.2, 0.25) is 12.3 Å². The molecule has 0 aliphatic carbocycles. The standard InChI is InChI=1S/C18H13N3OS/c1-2-5-13(6-3-1)17(18-21-20-12-22-18)23-15-8-9-16-14(11-15)7-4-10-19-16/h1-12,17H. The summed E-state index contributed by atoms with van der Waals surface area (Å²) in [5, 5.41) is 9.01. The number of benzene rings is 2. The highest BCUT2D eigenvalue weighted by molar-refractivity contribution is 7.99. The van der Waals surface area contributed by atoms with Gasteiger partial charge in [0.1, 0.15) is 5.25 Å². The van der Waals surface area contributed by atoms with E-state index in [9.17, 15) is 0 Å². The molecule has 2 heterocycles. The van der Waals surface area contributed by atoms with Gasteiger partial charge in [0.05, 0.1) is 5.52 Å². The van der Waals surface area contributed by atoms with Crippen LogP contribution in [0.1, 0.15) is 16.7 Å². The van der Waals surface area contributed by atoms with Crippen molar-refractivity contribution < 1.29 is 4.42 Å². The van der Waals surface area contributed by atoms with Gasteiger partial charge in [-0.15, -0.1) is 22.0 Å². The zero-order valence-corrected chi connectivity index (χ0v) is 13.0. The fourth-order valence-corrected chi connectivity index (χ4v) is 3.56. The van der Waals surface area contributed by atoms with Crippen molar-refractivity contribution in [1.29, 1.82) is 0 Å². The molecule has 0 spiro atoms. The molecule has 0 saturated heterocycles. The Balaban J connectivity index is 1.72. The molecule has 0 fully saturated rings. The monoisotopic (exact) mass is 319 g/mol. The summed E-state index contributed by atoms with van der Waals surface area (Å²) in [6, 6.07) is 20.4. The lowest BCUT2D eigenvalue weighted by Crippen LogP contribution is -1.97. The molecule has 1 unspecified atom stereocenters. The maximum Gasteiger partial charge on any atom is 0.233 e. The SMILES string of the molecule is c1ccc(C(Sc2ccc3ncccc3c2)c2nnco2)cc1. The Labute approximate surface area is 137 Å². The molecule has 4 nitrogen and oxygen atoms in total. The Bertz CT molecular complexity index is 910. The van der Waals surface area contributed by atoms with Gasteiger partial charge in [0.25, 0.3) is 0 Å². The molecule has 2 aromatic heterocycles. The molecule has 2 aromatic carbocycles. The number of pyridine rings is 1. The number of hydrogen-bond donors (Lipinski definition) is 0. The van der Waals surface area contributed by atoms with Crippen LogP contribution in [0.15, 0.2) is 82.6 Å². The van der Waals surface area contributed by atoms with Gasteiger partial charge in [-0.2, -0.15) is 0 Å². The summed E-state index contributed by atoms with van der Waals surface area (Å²) in [5.41, 5.74) is 2.12. The zero-order chi connectivity index (χ0) is 15.5. The minimum absolute atomic E-state index is 0.0344. The molecule has 23 heavy (non-hydrogen) atoms. The first-order valence-corrected chi connectivity index (χ1v) is 8.10. The maximum atomic E-state index is 5.45. The summed E-state index contributed by atoms with van der Waals surface area (Å²) < 4.78 is 5.45. The molecule has 0 saturated carbocycles. The average molecular weight is 319 g/mol. The Hall–Kier alpha value is -2.66. The highest BCUT2D eigenvalue weighted by Gasteiger charge is 2.20. The highest BCUT2D eigenvalue weighted by atomic mass is 32.2. The van der Waals surface area contributed by atoms with Crippen LogP contribution in [0.4, 0.5) is 0 Å². The Morgan fingerprint density at radius 3 is 2.70 bits per heavy atom. The molecule has 5 heteroatoms. The van der Waals surface area contributed by atoms with E-state index < -0.39 is 0 Å². The second-order valence-electron chi connectivity index (χ2n) is 5.04. The topological polar surface area (TPSA) is 51.8 Å². The third kappa shape index (κ3) is 2.96.